The van der Waals surface area contributed by atoms with Gasteiger partial charge in [-0.1, -0.05) is 30.3 Å². The number of aromatic nitrogens is 2. The lowest BCUT2D eigenvalue weighted by molar-refractivity contribution is 0.906. The van der Waals surface area contributed by atoms with Gasteiger partial charge in [0.25, 0.3) is 0 Å². The molecule has 0 fully saturated rings. The molecule has 0 unspecified atom stereocenters. The fourth-order valence-corrected chi connectivity index (χ4v) is 1.65. The minimum atomic E-state index is -0.431. The second-order valence-electron chi connectivity index (χ2n) is 3.83. The first-order valence-corrected chi connectivity index (χ1v) is 5.26. The van der Waals surface area contributed by atoms with Crippen molar-refractivity contribution < 1.29 is 0 Å². The maximum Gasteiger partial charge on any atom is 0.346 e. The third-order valence-electron chi connectivity index (χ3n) is 2.50. The molecule has 0 bridgehead atoms. The normalized spacial score (nSPS) is 10.2. The van der Waals surface area contributed by atoms with E-state index >= 15 is 0 Å². The largest absolute Gasteiger partial charge is 0.383 e. The van der Waals surface area contributed by atoms with E-state index in [0.717, 1.165) is 0 Å². The number of nitrogen functional groups attached to an aromatic ring is 1. The Morgan fingerprint density at radius 1 is 1.35 bits per heavy atom. The fourth-order valence-electron chi connectivity index (χ4n) is 1.65. The summed E-state index contributed by atoms with van der Waals surface area (Å²) in [5.41, 5.74) is 7.19. The molecule has 2 rings (SSSR count). The van der Waals surface area contributed by atoms with Crippen molar-refractivity contribution in [2.24, 2.45) is 0 Å². The molecule has 2 aromatic rings. The summed E-state index contributed by atoms with van der Waals surface area (Å²) < 4.78 is 0. The van der Waals surface area contributed by atoms with Crippen LogP contribution in [-0.2, 0) is 6.54 Å². The van der Waals surface area contributed by atoms with Gasteiger partial charge < -0.3 is 10.6 Å². The Labute approximate surface area is 98.9 Å². The standard InChI is InChI=1S/C12H14N4O/c1-16(8-9-5-3-2-4-6-9)10-7-14-12(17)15-11(10)13/h2-7H,8H2,1H3,(H3,13,14,15,17). The van der Waals surface area contributed by atoms with Crippen LogP contribution >= 0.6 is 0 Å². The second-order valence-corrected chi connectivity index (χ2v) is 3.83. The van der Waals surface area contributed by atoms with E-state index < -0.39 is 5.69 Å². The van der Waals surface area contributed by atoms with Crippen molar-refractivity contribution in [1.82, 2.24) is 9.97 Å². The van der Waals surface area contributed by atoms with Crippen LogP contribution in [0.4, 0.5) is 11.5 Å². The molecular formula is C12H14N4O. The van der Waals surface area contributed by atoms with Crippen LogP contribution in [0.15, 0.2) is 41.3 Å². The van der Waals surface area contributed by atoms with Gasteiger partial charge >= 0.3 is 5.69 Å². The monoisotopic (exact) mass is 230 g/mol. The molecule has 1 heterocycles. The lowest BCUT2D eigenvalue weighted by atomic mass is 10.2. The first-order chi connectivity index (χ1) is 8.16. The molecule has 0 spiro atoms. The van der Waals surface area contributed by atoms with E-state index in [9.17, 15) is 4.79 Å². The molecule has 88 valence electrons. The minimum Gasteiger partial charge on any atom is -0.383 e. The summed E-state index contributed by atoms with van der Waals surface area (Å²) in [6, 6.07) is 10.0. The summed E-state index contributed by atoms with van der Waals surface area (Å²) in [7, 11) is 1.90. The quantitative estimate of drug-likeness (QED) is 0.824. The number of hydrogen-bond acceptors (Lipinski definition) is 4. The Bertz CT molecular complexity index is 550. The number of anilines is 2. The summed E-state index contributed by atoms with van der Waals surface area (Å²) in [4.78, 5) is 19.0. The highest BCUT2D eigenvalue weighted by Crippen LogP contribution is 2.18. The number of benzene rings is 1. The Morgan fingerprint density at radius 3 is 2.71 bits per heavy atom. The molecule has 0 aliphatic rings. The van der Waals surface area contributed by atoms with Crippen molar-refractivity contribution in [3.8, 4) is 0 Å². The Kier molecular flexibility index (Phi) is 3.09. The first kappa shape index (κ1) is 11.2. The Balaban J connectivity index is 2.20. The van der Waals surface area contributed by atoms with Crippen molar-refractivity contribution >= 4 is 11.5 Å². The van der Waals surface area contributed by atoms with Gasteiger partial charge in [0, 0.05) is 13.6 Å². The molecule has 1 aromatic carbocycles. The molecular weight excluding hydrogens is 216 g/mol. The molecule has 0 amide bonds. The van der Waals surface area contributed by atoms with Crippen LogP contribution < -0.4 is 16.3 Å². The van der Waals surface area contributed by atoms with Gasteiger partial charge in [0.2, 0.25) is 0 Å². The van der Waals surface area contributed by atoms with Gasteiger partial charge in [0.05, 0.1) is 11.9 Å². The maximum absolute atomic E-state index is 11.0. The average molecular weight is 230 g/mol. The zero-order valence-corrected chi connectivity index (χ0v) is 9.55. The van der Waals surface area contributed by atoms with E-state index in [-0.39, 0.29) is 0 Å². The smallest absolute Gasteiger partial charge is 0.346 e. The zero-order valence-electron chi connectivity index (χ0n) is 9.55. The Morgan fingerprint density at radius 2 is 2.06 bits per heavy atom. The number of H-pyrrole nitrogens is 1. The molecule has 5 nitrogen and oxygen atoms in total. The Hall–Kier alpha value is -2.30. The summed E-state index contributed by atoms with van der Waals surface area (Å²) in [5, 5.41) is 0. The topological polar surface area (TPSA) is 75.0 Å². The molecule has 0 radical (unpaired) electrons. The molecule has 17 heavy (non-hydrogen) atoms. The summed E-state index contributed by atoms with van der Waals surface area (Å²) in [6.07, 6.45) is 1.48. The van der Waals surface area contributed by atoms with Crippen molar-refractivity contribution in [3.63, 3.8) is 0 Å². The highest BCUT2D eigenvalue weighted by atomic mass is 16.1. The van der Waals surface area contributed by atoms with Crippen molar-refractivity contribution in [2.45, 2.75) is 6.54 Å². The zero-order chi connectivity index (χ0) is 12.3. The second kappa shape index (κ2) is 4.69. The molecule has 0 saturated carbocycles. The van der Waals surface area contributed by atoms with Gasteiger partial charge in [-0.15, -0.1) is 0 Å². The molecule has 3 N–H and O–H groups in total. The first-order valence-electron chi connectivity index (χ1n) is 5.26. The number of hydrogen-bond donors (Lipinski definition) is 2. The van der Waals surface area contributed by atoms with E-state index in [1.54, 1.807) is 0 Å². The maximum atomic E-state index is 11.0. The molecule has 1 aromatic heterocycles. The van der Waals surface area contributed by atoms with Gasteiger partial charge in [-0.2, -0.15) is 4.98 Å². The van der Waals surface area contributed by atoms with E-state index in [1.807, 2.05) is 42.3 Å². The summed E-state index contributed by atoms with van der Waals surface area (Å²) >= 11 is 0. The van der Waals surface area contributed by atoms with Gasteiger partial charge in [-0.25, -0.2) is 4.79 Å². The van der Waals surface area contributed by atoms with Gasteiger partial charge in [0.15, 0.2) is 0 Å². The van der Waals surface area contributed by atoms with Crippen LogP contribution in [0.3, 0.4) is 0 Å². The third-order valence-corrected chi connectivity index (χ3v) is 2.50. The van der Waals surface area contributed by atoms with Gasteiger partial charge in [-0.3, -0.25) is 4.98 Å². The summed E-state index contributed by atoms with van der Waals surface area (Å²) in [5.74, 6) is 0.337. The highest BCUT2D eigenvalue weighted by Gasteiger charge is 2.07. The van der Waals surface area contributed by atoms with Crippen LogP contribution in [0.1, 0.15) is 5.56 Å². The number of nitrogens with two attached hydrogens (primary N) is 1. The van der Waals surface area contributed by atoms with E-state index in [0.29, 0.717) is 18.1 Å². The lowest BCUT2D eigenvalue weighted by Gasteiger charge is -2.19. The van der Waals surface area contributed by atoms with Crippen LogP contribution in [0.2, 0.25) is 0 Å². The van der Waals surface area contributed by atoms with Crippen LogP contribution in [0.25, 0.3) is 0 Å². The predicted molar refractivity (Wildman–Crippen MR) is 67.8 cm³/mol. The molecule has 0 aliphatic heterocycles. The van der Waals surface area contributed by atoms with E-state index in [1.165, 1.54) is 11.8 Å². The molecule has 5 heteroatoms. The van der Waals surface area contributed by atoms with E-state index in [4.69, 9.17) is 5.73 Å². The van der Waals surface area contributed by atoms with Crippen molar-refractivity contribution in [1.29, 1.82) is 0 Å². The predicted octanol–water partition coefficient (Wildman–Crippen LogP) is 0.988. The molecule has 0 atom stereocenters. The lowest BCUT2D eigenvalue weighted by Crippen LogP contribution is -2.22. The molecule has 0 aliphatic carbocycles. The van der Waals surface area contributed by atoms with Gasteiger partial charge in [0.1, 0.15) is 5.82 Å². The summed E-state index contributed by atoms with van der Waals surface area (Å²) in [6.45, 7) is 0.707. The van der Waals surface area contributed by atoms with Gasteiger partial charge in [-0.05, 0) is 5.56 Å². The van der Waals surface area contributed by atoms with Crippen LogP contribution in [0, 0.1) is 0 Å². The third kappa shape index (κ3) is 2.63. The SMILES string of the molecule is CN(Cc1ccccc1)c1cnc(=O)[nH]c1N. The number of rotatable bonds is 3. The fraction of sp³-hybridized carbons (Fsp3) is 0.167. The number of nitrogens with zero attached hydrogens (tertiary/aromatic N) is 2. The van der Waals surface area contributed by atoms with Crippen LogP contribution in [-0.4, -0.2) is 17.0 Å². The minimum absolute atomic E-state index is 0.337. The number of aromatic amines is 1. The molecule has 0 saturated heterocycles. The van der Waals surface area contributed by atoms with Crippen molar-refractivity contribution in [2.75, 3.05) is 17.7 Å². The average Bonchev–Trinajstić information content (AvgIpc) is 2.30. The van der Waals surface area contributed by atoms with Crippen molar-refractivity contribution in [3.05, 3.63) is 52.6 Å². The number of nitrogens with one attached hydrogen (secondary N) is 1. The highest BCUT2D eigenvalue weighted by molar-refractivity contribution is 5.61. The van der Waals surface area contributed by atoms with E-state index in [2.05, 4.69) is 9.97 Å². The van der Waals surface area contributed by atoms with Crippen LogP contribution in [0.5, 0.6) is 0 Å².